The van der Waals surface area contributed by atoms with E-state index in [2.05, 4.69) is 39.9 Å². The summed E-state index contributed by atoms with van der Waals surface area (Å²) in [6, 6.07) is 5.11. The van der Waals surface area contributed by atoms with Gasteiger partial charge in [0.15, 0.2) is 0 Å². The van der Waals surface area contributed by atoms with E-state index >= 15 is 0 Å². The number of nitrogens with one attached hydrogen (secondary N) is 1. The summed E-state index contributed by atoms with van der Waals surface area (Å²) in [5.41, 5.74) is 2.33. The summed E-state index contributed by atoms with van der Waals surface area (Å²) in [6.45, 7) is 13.0. The molecular weight excluding hydrogens is 237 g/mol. The van der Waals surface area contributed by atoms with Crippen LogP contribution >= 0.6 is 0 Å². The van der Waals surface area contributed by atoms with Crippen LogP contribution in [0.3, 0.4) is 0 Å². The number of benzene rings is 1. The van der Waals surface area contributed by atoms with Crippen molar-refractivity contribution < 1.29 is 4.39 Å². The predicted molar refractivity (Wildman–Crippen MR) is 80.9 cm³/mol. The van der Waals surface area contributed by atoms with Crippen LogP contribution in [0.4, 0.5) is 4.39 Å². The van der Waals surface area contributed by atoms with E-state index in [4.69, 9.17) is 0 Å². The standard InChI is InChI=1S/C17H28FN/c1-12(2)10-19-11-16(13(3)4)8-15-9-17(18)7-6-14(15)5/h6-7,9,12-13,16,19H,8,10-11H2,1-5H3. The summed E-state index contributed by atoms with van der Waals surface area (Å²) >= 11 is 0. The van der Waals surface area contributed by atoms with E-state index in [9.17, 15) is 4.39 Å². The molecule has 0 radical (unpaired) electrons. The van der Waals surface area contributed by atoms with E-state index in [1.54, 1.807) is 12.1 Å². The third-order valence-corrected chi connectivity index (χ3v) is 3.70. The Hall–Kier alpha value is -0.890. The molecule has 1 aromatic rings. The van der Waals surface area contributed by atoms with Gasteiger partial charge in [0.2, 0.25) is 0 Å². The normalized spacial score (nSPS) is 13.3. The lowest BCUT2D eigenvalue weighted by molar-refractivity contribution is 0.352. The van der Waals surface area contributed by atoms with Gasteiger partial charge in [-0.3, -0.25) is 0 Å². The Morgan fingerprint density at radius 3 is 2.37 bits per heavy atom. The molecule has 0 aliphatic heterocycles. The van der Waals surface area contributed by atoms with Gasteiger partial charge in [0.25, 0.3) is 0 Å². The van der Waals surface area contributed by atoms with Crippen LogP contribution in [0.5, 0.6) is 0 Å². The predicted octanol–water partition coefficient (Wildman–Crippen LogP) is 4.19. The number of rotatable bonds is 7. The summed E-state index contributed by atoms with van der Waals surface area (Å²) in [4.78, 5) is 0. The minimum atomic E-state index is -0.127. The highest BCUT2D eigenvalue weighted by atomic mass is 19.1. The van der Waals surface area contributed by atoms with Crippen molar-refractivity contribution in [3.8, 4) is 0 Å². The summed E-state index contributed by atoms with van der Waals surface area (Å²) in [5, 5.41) is 3.53. The van der Waals surface area contributed by atoms with E-state index in [0.717, 1.165) is 25.1 Å². The molecule has 19 heavy (non-hydrogen) atoms. The lowest BCUT2D eigenvalue weighted by Crippen LogP contribution is -2.30. The van der Waals surface area contributed by atoms with Crippen molar-refractivity contribution in [2.24, 2.45) is 17.8 Å². The lowest BCUT2D eigenvalue weighted by Gasteiger charge is -2.23. The Kier molecular flexibility index (Phi) is 6.50. The molecule has 1 unspecified atom stereocenters. The zero-order valence-corrected chi connectivity index (χ0v) is 13.0. The maximum atomic E-state index is 13.3. The Balaban J connectivity index is 2.64. The molecule has 1 atom stereocenters. The first-order chi connectivity index (χ1) is 8.90. The quantitative estimate of drug-likeness (QED) is 0.779. The molecule has 1 aromatic carbocycles. The van der Waals surface area contributed by atoms with E-state index < -0.39 is 0 Å². The van der Waals surface area contributed by atoms with E-state index in [0.29, 0.717) is 17.8 Å². The molecule has 0 spiro atoms. The van der Waals surface area contributed by atoms with E-state index in [1.165, 1.54) is 5.56 Å². The maximum absolute atomic E-state index is 13.3. The highest BCUT2D eigenvalue weighted by Gasteiger charge is 2.15. The minimum absolute atomic E-state index is 0.127. The first-order valence-electron chi connectivity index (χ1n) is 7.36. The Morgan fingerprint density at radius 2 is 1.79 bits per heavy atom. The maximum Gasteiger partial charge on any atom is 0.123 e. The monoisotopic (exact) mass is 265 g/mol. The molecule has 0 aromatic heterocycles. The lowest BCUT2D eigenvalue weighted by atomic mass is 9.87. The number of halogens is 1. The van der Waals surface area contributed by atoms with Gasteiger partial charge < -0.3 is 5.32 Å². The molecule has 0 fully saturated rings. The molecule has 0 bridgehead atoms. The van der Waals surface area contributed by atoms with Crippen LogP contribution in [-0.4, -0.2) is 13.1 Å². The largest absolute Gasteiger partial charge is 0.316 e. The summed E-state index contributed by atoms with van der Waals surface area (Å²) in [7, 11) is 0. The number of hydrogen-bond donors (Lipinski definition) is 1. The van der Waals surface area contributed by atoms with Gasteiger partial charge in [0, 0.05) is 0 Å². The fraction of sp³-hybridized carbons (Fsp3) is 0.647. The van der Waals surface area contributed by atoms with Gasteiger partial charge >= 0.3 is 0 Å². The highest BCUT2D eigenvalue weighted by molar-refractivity contribution is 5.27. The molecule has 1 nitrogen and oxygen atoms in total. The van der Waals surface area contributed by atoms with Crippen molar-refractivity contribution in [1.82, 2.24) is 5.32 Å². The second-order valence-electron chi connectivity index (χ2n) is 6.33. The van der Waals surface area contributed by atoms with Gasteiger partial charge in [-0.2, -0.15) is 0 Å². The molecule has 0 saturated heterocycles. The molecule has 1 N–H and O–H groups in total. The molecule has 0 saturated carbocycles. The Morgan fingerprint density at radius 1 is 1.11 bits per heavy atom. The fourth-order valence-corrected chi connectivity index (χ4v) is 2.24. The first kappa shape index (κ1) is 16.2. The molecule has 0 amide bonds. The second kappa shape index (κ2) is 7.64. The van der Waals surface area contributed by atoms with E-state index in [1.807, 2.05) is 6.07 Å². The van der Waals surface area contributed by atoms with Crippen molar-refractivity contribution >= 4 is 0 Å². The fourth-order valence-electron chi connectivity index (χ4n) is 2.24. The number of aryl methyl sites for hydroxylation is 1. The van der Waals surface area contributed by atoms with Crippen molar-refractivity contribution in [3.63, 3.8) is 0 Å². The van der Waals surface area contributed by atoms with Crippen LogP contribution < -0.4 is 5.32 Å². The van der Waals surface area contributed by atoms with Gasteiger partial charge in [-0.1, -0.05) is 33.8 Å². The topological polar surface area (TPSA) is 12.0 Å². The molecule has 0 heterocycles. The average molecular weight is 265 g/mol. The molecule has 2 heteroatoms. The Labute approximate surface area is 117 Å². The summed E-state index contributed by atoms with van der Waals surface area (Å²) in [6.07, 6.45) is 0.951. The van der Waals surface area contributed by atoms with Crippen molar-refractivity contribution in [3.05, 3.63) is 35.1 Å². The van der Waals surface area contributed by atoms with Gasteiger partial charge in [0.1, 0.15) is 5.82 Å². The van der Waals surface area contributed by atoms with Crippen molar-refractivity contribution in [1.29, 1.82) is 0 Å². The molecule has 0 aliphatic carbocycles. The molecular formula is C17H28FN. The summed E-state index contributed by atoms with van der Waals surface area (Å²) in [5.74, 6) is 1.70. The van der Waals surface area contributed by atoms with Crippen LogP contribution in [0.25, 0.3) is 0 Å². The second-order valence-corrected chi connectivity index (χ2v) is 6.33. The van der Waals surface area contributed by atoms with Crippen LogP contribution in [-0.2, 0) is 6.42 Å². The molecule has 0 aliphatic rings. The third-order valence-electron chi connectivity index (χ3n) is 3.70. The molecule has 1 rings (SSSR count). The zero-order chi connectivity index (χ0) is 14.4. The Bertz CT molecular complexity index is 385. The van der Waals surface area contributed by atoms with Gasteiger partial charge in [0.05, 0.1) is 0 Å². The van der Waals surface area contributed by atoms with Crippen LogP contribution in [0.15, 0.2) is 18.2 Å². The SMILES string of the molecule is Cc1ccc(F)cc1CC(CNCC(C)C)C(C)C. The van der Waals surface area contributed by atoms with Crippen LogP contribution in [0.2, 0.25) is 0 Å². The molecule has 108 valence electrons. The summed E-state index contributed by atoms with van der Waals surface area (Å²) < 4.78 is 13.3. The van der Waals surface area contributed by atoms with Crippen molar-refractivity contribution in [2.75, 3.05) is 13.1 Å². The average Bonchev–Trinajstić information content (AvgIpc) is 2.31. The number of hydrogen-bond acceptors (Lipinski definition) is 1. The third kappa shape index (κ3) is 5.73. The van der Waals surface area contributed by atoms with Gasteiger partial charge in [-0.25, -0.2) is 4.39 Å². The smallest absolute Gasteiger partial charge is 0.123 e. The minimum Gasteiger partial charge on any atom is -0.316 e. The zero-order valence-electron chi connectivity index (χ0n) is 13.0. The van der Waals surface area contributed by atoms with Crippen molar-refractivity contribution in [2.45, 2.75) is 41.0 Å². The highest BCUT2D eigenvalue weighted by Crippen LogP contribution is 2.20. The van der Waals surface area contributed by atoms with E-state index in [-0.39, 0.29) is 5.82 Å². The first-order valence-corrected chi connectivity index (χ1v) is 7.36. The van der Waals surface area contributed by atoms with Crippen LogP contribution in [0, 0.1) is 30.5 Å². The van der Waals surface area contributed by atoms with Gasteiger partial charge in [-0.05, 0) is 67.4 Å². The van der Waals surface area contributed by atoms with Gasteiger partial charge in [-0.15, -0.1) is 0 Å². The van der Waals surface area contributed by atoms with Crippen LogP contribution in [0.1, 0.15) is 38.8 Å².